The molecule has 0 saturated heterocycles. The van der Waals surface area contributed by atoms with Crippen LogP contribution in [0.15, 0.2) is 48.5 Å². The lowest BCUT2D eigenvalue weighted by atomic mass is 9.98. The second-order valence-electron chi connectivity index (χ2n) is 3.86. The molecule has 18 heavy (non-hydrogen) atoms. The van der Waals surface area contributed by atoms with Crippen molar-refractivity contribution in [3.8, 4) is 23.0 Å². The fourth-order valence-electron chi connectivity index (χ4n) is 1.83. The molecule has 0 heterocycles. The van der Waals surface area contributed by atoms with Crippen molar-refractivity contribution in [2.45, 2.75) is 6.92 Å². The van der Waals surface area contributed by atoms with Gasteiger partial charge in [-0.1, -0.05) is 36.3 Å². The zero-order chi connectivity index (χ0) is 13.0. The van der Waals surface area contributed by atoms with E-state index < -0.39 is 5.91 Å². The lowest BCUT2D eigenvalue weighted by Gasteiger charge is -2.06. The molecule has 0 aliphatic rings. The summed E-state index contributed by atoms with van der Waals surface area (Å²) in [6.07, 6.45) is 0. The monoisotopic (exact) mass is 235 g/mol. The van der Waals surface area contributed by atoms with Crippen LogP contribution in [0.5, 0.6) is 0 Å². The Morgan fingerprint density at radius 3 is 2.33 bits per heavy atom. The van der Waals surface area contributed by atoms with E-state index in [-0.39, 0.29) is 0 Å². The van der Waals surface area contributed by atoms with Crippen molar-refractivity contribution in [1.82, 2.24) is 0 Å². The van der Waals surface area contributed by atoms with Gasteiger partial charge in [-0.05, 0) is 36.2 Å². The standard InChI is InChI=1S/C16H13NO/c1-2-5-12-8-10-13(11-9-12)14-6-3-4-7-15(14)16(17)18/h3-4,6-11H,1H3,(H2,17,18). The first-order chi connectivity index (χ1) is 8.72. The molecule has 0 aromatic heterocycles. The van der Waals surface area contributed by atoms with E-state index in [0.717, 1.165) is 16.7 Å². The van der Waals surface area contributed by atoms with Crippen LogP contribution in [0.3, 0.4) is 0 Å². The third kappa shape index (κ3) is 2.41. The Morgan fingerprint density at radius 2 is 1.72 bits per heavy atom. The molecule has 2 nitrogen and oxygen atoms in total. The zero-order valence-electron chi connectivity index (χ0n) is 10.1. The summed E-state index contributed by atoms with van der Waals surface area (Å²) in [5.74, 6) is 5.42. The van der Waals surface area contributed by atoms with E-state index >= 15 is 0 Å². The van der Waals surface area contributed by atoms with E-state index in [1.807, 2.05) is 36.4 Å². The highest BCUT2D eigenvalue weighted by molar-refractivity contribution is 5.99. The summed E-state index contributed by atoms with van der Waals surface area (Å²) in [5.41, 5.74) is 8.67. The third-order valence-corrected chi connectivity index (χ3v) is 2.66. The van der Waals surface area contributed by atoms with E-state index in [1.54, 1.807) is 19.1 Å². The van der Waals surface area contributed by atoms with Crippen LogP contribution < -0.4 is 5.73 Å². The van der Waals surface area contributed by atoms with Gasteiger partial charge in [-0.15, -0.1) is 5.92 Å². The molecule has 2 rings (SSSR count). The number of carbonyl (C=O) groups excluding carboxylic acids is 1. The summed E-state index contributed by atoms with van der Waals surface area (Å²) < 4.78 is 0. The fourth-order valence-corrected chi connectivity index (χ4v) is 1.83. The second kappa shape index (κ2) is 5.20. The van der Waals surface area contributed by atoms with Gasteiger partial charge in [0, 0.05) is 11.1 Å². The zero-order valence-corrected chi connectivity index (χ0v) is 10.1. The average molecular weight is 235 g/mol. The van der Waals surface area contributed by atoms with Gasteiger partial charge < -0.3 is 5.73 Å². The lowest BCUT2D eigenvalue weighted by molar-refractivity contribution is 0.100. The summed E-state index contributed by atoms with van der Waals surface area (Å²) in [6.45, 7) is 1.80. The van der Waals surface area contributed by atoms with Crippen LogP contribution in [0.2, 0.25) is 0 Å². The first-order valence-electron chi connectivity index (χ1n) is 5.64. The van der Waals surface area contributed by atoms with Crippen LogP contribution in [0, 0.1) is 11.8 Å². The van der Waals surface area contributed by atoms with Crippen molar-refractivity contribution in [3.63, 3.8) is 0 Å². The normalized spacial score (nSPS) is 9.39. The van der Waals surface area contributed by atoms with Crippen LogP contribution >= 0.6 is 0 Å². The van der Waals surface area contributed by atoms with Crippen LogP contribution in [-0.4, -0.2) is 5.91 Å². The van der Waals surface area contributed by atoms with E-state index in [1.165, 1.54) is 0 Å². The topological polar surface area (TPSA) is 43.1 Å². The Balaban J connectivity index is 2.48. The molecule has 0 radical (unpaired) electrons. The summed E-state index contributed by atoms with van der Waals surface area (Å²) in [7, 11) is 0. The molecule has 0 fully saturated rings. The summed E-state index contributed by atoms with van der Waals surface area (Å²) >= 11 is 0. The molecule has 0 spiro atoms. The lowest BCUT2D eigenvalue weighted by Crippen LogP contribution is -2.12. The minimum absolute atomic E-state index is 0.414. The molecule has 0 unspecified atom stereocenters. The van der Waals surface area contributed by atoms with Gasteiger partial charge in [0.2, 0.25) is 5.91 Å². The number of carbonyl (C=O) groups is 1. The minimum atomic E-state index is -0.414. The number of rotatable bonds is 2. The molecule has 1 amide bonds. The molecule has 2 heteroatoms. The fraction of sp³-hybridized carbons (Fsp3) is 0.0625. The summed E-state index contributed by atoms with van der Waals surface area (Å²) in [6, 6.07) is 15.1. The van der Waals surface area contributed by atoms with Crippen molar-refractivity contribution in [1.29, 1.82) is 0 Å². The molecule has 2 aromatic rings. The Morgan fingerprint density at radius 1 is 1.06 bits per heavy atom. The van der Waals surface area contributed by atoms with Gasteiger partial charge in [-0.25, -0.2) is 0 Å². The molecule has 2 N–H and O–H groups in total. The van der Waals surface area contributed by atoms with Gasteiger partial charge in [0.25, 0.3) is 0 Å². The molecule has 0 bridgehead atoms. The van der Waals surface area contributed by atoms with Gasteiger partial charge in [-0.2, -0.15) is 0 Å². The molecule has 88 valence electrons. The van der Waals surface area contributed by atoms with Gasteiger partial charge in [0.1, 0.15) is 0 Å². The Labute approximate surface area is 106 Å². The van der Waals surface area contributed by atoms with Crippen LogP contribution in [0.1, 0.15) is 22.8 Å². The molecule has 0 aliphatic carbocycles. The highest BCUT2D eigenvalue weighted by Gasteiger charge is 2.08. The van der Waals surface area contributed by atoms with E-state index in [0.29, 0.717) is 5.56 Å². The van der Waals surface area contributed by atoms with Gasteiger partial charge in [0.15, 0.2) is 0 Å². The van der Waals surface area contributed by atoms with Crippen molar-refractivity contribution in [3.05, 3.63) is 59.7 Å². The summed E-state index contributed by atoms with van der Waals surface area (Å²) in [5, 5.41) is 0. The van der Waals surface area contributed by atoms with Crippen molar-refractivity contribution in [2.24, 2.45) is 5.73 Å². The number of nitrogens with two attached hydrogens (primary N) is 1. The predicted octanol–water partition coefficient (Wildman–Crippen LogP) is 2.82. The van der Waals surface area contributed by atoms with Crippen LogP contribution in [0.4, 0.5) is 0 Å². The smallest absolute Gasteiger partial charge is 0.249 e. The SMILES string of the molecule is CC#Cc1ccc(-c2ccccc2C(N)=O)cc1. The highest BCUT2D eigenvalue weighted by atomic mass is 16.1. The first kappa shape index (κ1) is 11.9. The van der Waals surface area contributed by atoms with Crippen molar-refractivity contribution < 1.29 is 4.79 Å². The molecular weight excluding hydrogens is 222 g/mol. The Kier molecular flexibility index (Phi) is 3.45. The first-order valence-corrected chi connectivity index (χ1v) is 5.64. The maximum atomic E-state index is 11.4. The minimum Gasteiger partial charge on any atom is -0.366 e. The average Bonchev–Trinajstić information content (AvgIpc) is 2.40. The van der Waals surface area contributed by atoms with Crippen LogP contribution in [-0.2, 0) is 0 Å². The number of benzene rings is 2. The highest BCUT2D eigenvalue weighted by Crippen LogP contribution is 2.23. The van der Waals surface area contributed by atoms with E-state index in [2.05, 4.69) is 11.8 Å². The number of primary amides is 1. The van der Waals surface area contributed by atoms with Crippen molar-refractivity contribution >= 4 is 5.91 Å². The third-order valence-electron chi connectivity index (χ3n) is 2.66. The number of hydrogen-bond donors (Lipinski definition) is 1. The number of amides is 1. The molecule has 0 atom stereocenters. The van der Waals surface area contributed by atoms with E-state index in [9.17, 15) is 4.79 Å². The molecule has 2 aromatic carbocycles. The molecule has 0 saturated carbocycles. The largest absolute Gasteiger partial charge is 0.366 e. The Hall–Kier alpha value is -2.53. The molecular formula is C16H13NO. The quantitative estimate of drug-likeness (QED) is 0.799. The van der Waals surface area contributed by atoms with E-state index in [4.69, 9.17) is 5.73 Å². The summed E-state index contributed by atoms with van der Waals surface area (Å²) in [4.78, 5) is 11.4. The maximum Gasteiger partial charge on any atom is 0.249 e. The maximum absolute atomic E-state index is 11.4. The van der Waals surface area contributed by atoms with Crippen LogP contribution in [0.25, 0.3) is 11.1 Å². The van der Waals surface area contributed by atoms with Crippen molar-refractivity contribution in [2.75, 3.05) is 0 Å². The molecule has 0 aliphatic heterocycles. The predicted molar refractivity (Wildman–Crippen MR) is 72.9 cm³/mol. The van der Waals surface area contributed by atoms with Gasteiger partial charge in [-0.3, -0.25) is 4.79 Å². The van der Waals surface area contributed by atoms with Gasteiger partial charge in [0.05, 0.1) is 0 Å². The Bertz CT molecular complexity index is 630. The second-order valence-corrected chi connectivity index (χ2v) is 3.86. The number of hydrogen-bond acceptors (Lipinski definition) is 1. The van der Waals surface area contributed by atoms with Gasteiger partial charge >= 0.3 is 0 Å².